The van der Waals surface area contributed by atoms with Gasteiger partial charge in [-0.05, 0) is 31.4 Å². The molecule has 3 rings (SSSR count). The third kappa shape index (κ3) is 1.63. The summed E-state index contributed by atoms with van der Waals surface area (Å²) in [7, 11) is 1.67. The molecule has 4 heteroatoms. The minimum atomic E-state index is 0.358. The van der Waals surface area contributed by atoms with Crippen LogP contribution >= 0.6 is 0 Å². The van der Waals surface area contributed by atoms with Crippen molar-refractivity contribution in [3.05, 3.63) is 18.3 Å². The van der Waals surface area contributed by atoms with Crippen LogP contribution in [0.1, 0.15) is 19.3 Å². The molecule has 4 nitrogen and oxygen atoms in total. The molecule has 2 aliphatic rings. The van der Waals surface area contributed by atoms with E-state index in [1.807, 2.05) is 12.1 Å². The van der Waals surface area contributed by atoms with Gasteiger partial charge < -0.3 is 14.8 Å². The molecular formula is C12H16N2O2. The largest absolute Gasteiger partial charge is 0.493 e. The maximum absolute atomic E-state index is 5.80. The van der Waals surface area contributed by atoms with Gasteiger partial charge in [0.1, 0.15) is 0 Å². The second-order valence-electron chi connectivity index (χ2n) is 4.41. The molecule has 3 heterocycles. The Morgan fingerprint density at radius 1 is 1.50 bits per heavy atom. The van der Waals surface area contributed by atoms with E-state index >= 15 is 0 Å². The number of ether oxygens (including phenoxy) is 2. The summed E-state index contributed by atoms with van der Waals surface area (Å²) in [6, 6.07) is 4.19. The van der Waals surface area contributed by atoms with Crippen LogP contribution in [0.25, 0.3) is 0 Å². The molecule has 3 unspecified atom stereocenters. The van der Waals surface area contributed by atoms with E-state index in [9.17, 15) is 0 Å². The van der Waals surface area contributed by atoms with Crippen molar-refractivity contribution in [1.82, 2.24) is 4.98 Å². The molecule has 0 saturated carbocycles. The van der Waals surface area contributed by atoms with E-state index in [-0.39, 0.29) is 0 Å². The van der Waals surface area contributed by atoms with E-state index in [1.54, 1.807) is 13.3 Å². The van der Waals surface area contributed by atoms with Crippen LogP contribution in [0.2, 0.25) is 0 Å². The second kappa shape index (κ2) is 3.94. The van der Waals surface area contributed by atoms with Crippen LogP contribution in [-0.2, 0) is 4.74 Å². The lowest BCUT2D eigenvalue weighted by molar-refractivity contribution is 0.102. The van der Waals surface area contributed by atoms with Gasteiger partial charge >= 0.3 is 0 Å². The average molecular weight is 220 g/mol. The van der Waals surface area contributed by atoms with Crippen molar-refractivity contribution in [3.63, 3.8) is 0 Å². The van der Waals surface area contributed by atoms with Gasteiger partial charge in [0.2, 0.25) is 0 Å². The smallest absolute Gasteiger partial charge is 0.169 e. The molecule has 1 aromatic heterocycles. The molecular weight excluding hydrogens is 204 g/mol. The standard InChI is InChI=1S/C12H16N2O2/c1-15-11-3-2-6-13-12(11)14-9-7-8-4-5-10(9)16-8/h2-3,6,8-10H,4-5,7H2,1H3,(H,13,14). The molecule has 1 aromatic rings. The molecule has 2 bridgehead atoms. The Kier molecular flexibility index (Phi) is 2.44. The molecule has 0 radical (unpaired) electrons. The third-order valence-electron chi connectivity index (χ3n) is 3.42. The third-order valence-corrected chi connectivity index (χ3v) is 3.42. The Labute approximate surface area is 95.0 Å². The summed E-state index contributed by atoms with van der Waals surface area (Å²) in [5.74, 6) is 1.62. The minimum absolute atomic E-state index is 0.358. The SMILES string of the molecule is COc1cccnc1NC1CC2CCC1O2. The predicted molar refractivity (Wildman–Crippen MR) is 60.7 cm³/mol. The number of hydrogen-bond acceptors (Lipinski definition) is 4. The summed E-state index contributed by atoms with van der Waals surface area (Å²) in [5, 5.41) is 3.43. The quantitative estimate of drug-likeness (QED) is 0.843. The van der Waals surface area contributed by atoms with Gasteiger partial charge in [-0.15, -0.1) is 0 Å². The number of anilines is 1. The Morgan fingerprint density at radius 3 is 3.12 bits per heavy atom. The highest BCUT2D eigenvalue weighted by atomic mass is 16.5. The Bertz CT molecular complexity index is 383. The zero-order valence-corrected chi connectivity index (χ0v) is 9.35. The van der Waals surface area contributed by atoms with Crippen LogP contribution in [0.3, 0.4) is 0 Å². The summed E-state index contributed by atoms with van der Waals surface area (Å²) >= 11 is 0. The molecule has 0 aromatic carbocycles. The monoisotopic (exact) mass is 220 g/mol. The van der Waals surface area contributed by atoms with E-state index in [2.05, 4.69) is 10.3 Å². The fraction of sp³-hybridized carbons (Fsp3) is 0.583. The van der Waals surface area contributed by atoms with Gasteiger partial charge in [0, 0.05) is 6.20 Å². The summed E-state index contributed by atoms with van der Waals surface area (Å²) in [5.41, 5.74) is 0. The van der Waals surface area contributed by atoms with E-state index < -0.39 is 0 Å². The van der Waals surface area contributed by atoms with Crippen molar-refractivity contribution in [2.75, 3.05) is 12.4 Å². The van der Waals surface area contributed by atoms with Crippen molar-refractivity contribution in [3.8, 4) is 5.75 Å². The first-order chi connectivity index (χ1) is 7.86. The predicted octanol–water partition coefficient (Wildman–Crippen LogP) is 1.82. The van der Waals surface area contributed by atoms with E-state index in [4.69, 9.17) is 9.47 Å². The fourth-order valence-electron chi connectivity index (χ4n) is 2.63. The van der Waals surface area contributed by atoms with Crippen LogP contribution in [0.15, 0.2) is 18.3 Å². The summed E-state index contributed by atoms with van der Waals surface area (Å²) in [4.78, 5) is 4.30. The molecule has 0 aliphatic carbocycles. The molecule has 86 valence electrons. The van der Waals surface area contributed by atoms with Gasteiger partial charge in [-0.3, -0.25) is 0 Å². The van der Waals surface area contributed by atoms with Crippen LogP contribution in [0, 0.1) is 0 Å². The Balaban J connectivity index is 1.74. The molecule has 1 N–H and O–H groups in total. The molecule has 2 fully saturated rings. The van der Waals surface area contributed by atoms with Crippen LogP contribution in [0.4, 0.5) is 5.82 Å². The zero-order valence-electron chi connectivity index (χ0n) is 9.35. The molecule has 0 amide bonds. The maximum Gasteiger partial charge on any atom is 0.169 e. The van der Waals surface area contributed by atoms with Gasteiger partial charge in [-0.25, -0.2) is 4.98 Å². The number of methoxy groups -OCH3 is 1. The minimum Gasteiger partial charge on any atom is -0.493 e. The van der Waals surface area contributed by atoms with E-state index in [0.717, 1.165) is 24.4 Å². The second-order valence-corrected chi connectivity index (χ2v) is 4.41. The lowest BCUT2D eigenvalue weighted by Gasteiger charge is -2.21. The van der Waals surface area contributed by atoms with Gasteiger partial charge in [-0.2, -0.15) is 0 Å². The summed E-state index contributed by atoms with van der Waals surface area (Å²) in [6.45, 7) is 0. The van der Waals surface area contributed by atoms with Crippen molar-refractivity contribution >= 4 is 5.82 Å². The first-order valence-corrected chi connectivity index (χ1v) is 5.78. The van der Waals surface area contributed by atoms with Gasteiger partial charge in [-0.1, -0.05) is 0 Å². The Morgan fingerprint density at radius 2 is 2.44 bits per heavy atom. The number of fused-ring (bicyclic) bond motifs is 2. The van der Waals surface area contributed by atoms with Gasteiger partial charge in [0.25, 0.3) is 0 Å². The van der Waals surface area contributed by atoms with E-state index in [1.165, 1.54) is 6.42 Å². The van der Waals surface area contributed by atoms with Crippen LogP contribution in [0.5, 0.6) is 5.75 Å². The highest BCUT2D eigenvalue weighted by Crippen LogP contribution is 2.36. The number of rotatable bonds is 3. The first-order valence-electron chi connectivity index (χ1n) is 5.78. The van der Waals surface area contributed by atoms with Crippen LogP contribution in [-0.4, -0.2) is 30.3 Å². The summed E-state index contributed by atoms with van der Waals surface area (Å²) in [6.07, 6.45) is 6.05. The van der Waals surface area contributed by atoms with Crippen LogP contribution < -0.4 is 10.1 Å². The van der Waals surface area contributed by atoms with Crippen molar-refractivity contribution in [2.45, 2.75) is 37.5 Å². The lowest BCUT2D eigenvalue weighted by Crippen LogP contribution is -2.30. The summed E-state index contributed by atoms with van der Waals surface area (Å²) < 4.78 is 11.1. The molecule has 3 atom stereocenters. The fourth-order valence-corrected chi connectivity index (χ4v) is 2.63. The van der Waals surface area contributed by atoms with Gasteiger partial charge in [0.15, 0.2) is 11.6 Å². The molecule has 2 aliphatic heterocycles. The number of nitrogens with one attached hydrogen (secondary N) is 1. The topological polar surface area (TPSA) is 43.4 Å². The Hall–Kier alpha value is -1.29. The normalized spacial score (nSPS) is 31.7. The number of aromatic nitrogens is 1. The average Bonchev–Trinajstić information content (AvgIpc) is 2.92. The molecule has 2 saturated heterocycles. The van der Waals surface area contributed by atoms with Crippen molar-refractivity contribution in [2.24, 2.45) is 0 Å². The van der Waals surface area contributed by atoms with Crippen molar-refractivity contribution < 1.29 is 9.47 Å². The zero-order chi connectivity index (χ0) is 11.0. The highest BCUT2D eigenvalue weighted by molar-refractivity contribution is 5.50. The van der Waals surface area contributed by atoms with Gasteiger partial charge in [0.05, 0.1) is 25.4 Å². The number of nitrogens with zero attached hydrogens (tertiary/aromatic N) is 1. The molecule has 0 spiro atoms. The number of pyridine rings is 1. The lowest BCUT2D eigenvalue weighted by atomic mass is 9.95. The number of hydrogen-bond donors (Lipinski definition) is 1. The first kappa shape index (κ1) is 9.90. The molecule has 16 heavy (non-hydrogen) atoms. The van der Waals surface area contributed by atoms with Crippen molar-refractivity contribution in [1.29, 1.82) is 0 Å². The highest BCUT2D eigenvalue weighted by Gasteiger charge is 2.41. The van der Waals surface area contributed by atoms with E-state index in [0.29, 0.717) is 18.2 Å². The maximum atomic E-state index is 5.80.